The Balaban J connectivity index is 1.87. The fourth-order valence-electron chi connectivity index (χ4n) is 2.50. The van der Waals surface area contributed by atoms with Crippen LogP contribution in [0.25, 0.3) is 0 Å². The topological polar surface area (TPSA) is 29.9 Å². The third-order valence-corrected chi connectivity index (χ3v) is 3.82. The van der Waals surface area contributed by atoms with Gasteiger partial charge in [0, 0.05) is 19.6 Å². The van der Waals surface area contributed by atoms with Crippen molar-refractivity contribution in [3.63, 3.8) is 0 Å². The van der Waals surface area contributed by atoms with Crippen molar-refractivity contribution in [2.45, 2.75) is 45.2 Å². The maximum Gasteiger partial charge on any atom is 0.0831 e. The first-order chi connectivity index (χ1) is 7.66. The molecular formula is C12H20ClN3. The average Bonchev–Trinajstić information content (AvgIpc) is 2.56. The molecule has 0 spiro atoms. The molecular weight excluding hydrogens is 222 g/mol. The minimum absolute atomic E-state index is 0.648. The van der Waals surface area contributed by atoms with Crippen LogP contribution in [0, 0.1) is 5.92 Å². The van der Waals surface area contributed by atoms with Crippen molar-refractivity contribution in [1.82, 2.24) is 15.1 Å². The summed E-state index contributed by atoms with van der Waals surface area (Å²) in [5.41, 5.74) is 1.08. The van der Waals surface area contributed by atoms with Crippen LogP contribution in [-0.2, 0) is 13.6 Å². The minimum Gasteiger partial charge on any atom is -0.308 e. The van der Waals surface area contributed by atoms with E-state index in [2.05, 4.69) is 17.3 Å². The molecule has 0 aliphatic heterocycles. The summed E-state index contributed by atoms with van der Waals surface area (Å²) in [6, 6.07) is 0.648. The number of nitrogens with one attached hydrogen (secondary N) is 1. The van der Waals surface area contributed by atoms with E-state index < -0.39 is 0 Å². The van der Waals surface area contributed by atoms with Crippen LogP contribution in [0.1, 0.15) is 38.3 Å². The SMILES string of the molecule is CC1CCCC(NCc2c(Cl)cnn2C)C1. The van der Waals surface area contributed by atoms with Crippen LogP contribution in [0.2, 0.25) is 5.02 Å². The van der Waals surface area contributed by atoms with Gasteiger partial charge in [-0.05, 0) is 18.8 Å². The lowest BCUT2D eigenvalue weighted by molar-refractivity contribution is 0.299. The lowest BCUT2D eigenvalue weighted by atomic mass is 9.87. The Kier molecular flexibility index (Phi) is 3.87. The van der Waals surface area contributed by atoms with E-state index in [1.807, 2.05) is 11.7 Å². The molecule has 1 saturated carbocycles. The van der Waals surface area contributed by atoms with E-state index >= 15 is 0 Å². The lowest BCUT2D eigenvalue weighted by Crippen LogP contribution is -2.33. The predicted octanol–water partition coefficient (Wildman–Crippen LogP) is 2.74. The standard InChI is InChI=1S/C12H20ClN3/c1-9-4-3-5-10(6-9)14-8-12-11(13)7-15-16(12)2/h7,9-10,14H,3-6,8H2,1-2H3. The molecule has 0 bridgehead atoms. The smallest absolute Gasteiger partial charge is 0.0831 e. The number of hydrogen-bond acceptors (Lipinski definition) is 2. The maximum absolute atomic E-state index is 6.07. The van der Waals surface area contributed by atoms with Gasteiger partial charge in [-0.3, -0.25) is 4.68 Å². The first-order valence-electron chi connectivity index (χ1n) is 6.06. The molecule has 1 heterocycles. The molecule has 2 rings (SSSR count). The Morgan fingerprint density at radius 2 is 2.38 bits per heavy atom. The molecule has 1 aromatic rings. The van der Waals surface area contributed by atoms with E-state index in [9.17, 15) is 0 Å². The molecule has 1 N–H and O–H groups in total. The van der Waals surface area contributed by atoms with Gasteiger partial charge in [0.15, 0.2) is 0 Å². The molecule has 3 nitrogen and oxygen atoms in total. The summed E-state index contributed by atoms with van der Waals surface area (Å²) in [5.74, 6) is 0.855. The van der Waals surface area contributed by atoms with Gasteiger partial charge in [0.1, 0.15) is 0 Å². The number of nitrogens with zero attached hydrogens (tertiary/aromatic N) is 2. The molecule has 0 amide bonds. The fourth-order valence-corrected chi connectivity index (χ4v) is 2.73. The number of rotatable bonds is 3. The van der Waals surface area contributed by atoms with Crippen LogP contribution in [-0.4, -0.2) is 15.8 Å². The van der Waals surface area contributed by atoms with E-state index in [-0.39, 0.29) is 0 Å². The molecule has 2 unspecified atom stereocenters. The summed E-state index contributed by atoms with van der Waals surface area (Å²) in [5, 5.41) is 8.49. The van der Waals surface area contributed by atoms with Crippen molar-refractivity contribution < 1.29 is 0 Å². The molecule has 1 aliphatic rings. The van der Waals surface area contributed by atoms with Crippen molar-refractivity contribution in [1.29, 1.82) is 0 Å². The normalized spacial score (nSPS) is 25.9. The van der Waals surface area contributed by atoms with Crippen LogP contribution in [0.3, 0.4) is 0 Å². The lowest BCUT2D eigenvalue weighted by Gasteiger charge is -2.27. The quantitative estimate of drug-likeness (QED) is 0.882. The second kappa shape index (κ2) is 5.19. The Morgan fingerprint density at radius 1 is 1.56 bits per heavy atom. The first-order valence-corrected chi connectivity index (χ1v) is 6.44. The Morgan fingerprint density at radius 3 is 3.00 bits per heavy atom. The summed E-state index contributed by atoms with van der Waals surface area (Å²) < 4.78 is 1.85. The Labute approximate surface area is 102 Å². The van der Waals surface area contributed by atoms with Gasteiger partial charge in [0.2, 0.25) is 0 Å². The van der Waals surface area contributed by atoms with E-state index in [1.165, 1.54) is 25.7 Å². The van der Waals surface area contributed by atoms with Crippen molar-refractivity contribution in [3.05, 3.63) is 16.9 Å². The number of aromatic nitrogens is 2. The average molecular weight is 242 g/mol. The highest BCUT2D eigenvalue weighted by atomic mass is 35.5. The van der Waals surface area contributed by atoms with Crippen LogP contribution >= 0.6 is 11.6 Å². The van der Waals surface area contributed by atoms with Crippen LogP contribution in [0.15, 0.2) is 6.20 Å². The first kappa shape index (κ1) is 11.9. The minimum atomic E-state index is 0.648. The third kappa shape index (κ3) is 2.77. The largest absolute Gasteiger partial charge is 0.308 e. The molecule has 2 atom stereocenters. The number of aryl methyl sites for hydroxylation is 1. The van der Waals surface area contributed by atoms with E-state index in [0.717, 1.165) is 23.2 Å². The summed E-state index contributed by atoms with van der Waals surface area (Å²) >= 11 is 6.07. The maximum atomic E-state index is 6.07. The van der Waals surface area contributed by atoms with Gasteiger partial charge in [-0.25, -0.2) is 0 Å². The second-order valence-corrected chi connectivity index (χ2v) is 5.32. The van der Waals surface area contributed by atoms with Gasteiger partial charge in [-0.15, -0.1) is 0 Å². The number of halogens is 1. The predicted molar refractivity (Wildman–Crippen MR) is 66.5 cm³/mol. The van der Waals surface area contributed by atoms with Gasteiger partial charge < -0.3 is 5.32 Å². The highest BCUT2D eigenvalue weighted by molar-refractivity contribution is 6.31. The summed E-state index contributed by atoms with van der Waals surface area (Å²) in [6.07, 6.45) is 7.01. The molecule has 1 fully saturated rings. The fraction of sp³-hybridized carbons (Fsp3) is 0.750. The Bertz CT molecular complexity index is 329. The third-order valence-electron chi connectivity index (χ3n) is 3.51. The van der Waals surface area contributed by atoms with E-state index in [4.69, 9.17) is 11.6 Å². The van der Waals surface area contributed by atoms with Gasteiger partial charge in [-0.1, -0.05) is 31.4 Å². The zero-order chi connectivity index (χ0) is 11.5. The van der Waals surface area contributed by atoms with Gasteiger partial charge in [0.05, 0.1) is 16.9 Å². The molecule has 16 heavy (non-hydrogen) atoms. The number of hydrogen-bond donors (Lipinski definition) is 1. The van der Waals surface area contributed by atoms with E-state index in [0.29, 0.717) is 6.04 Å². The molecule has 90 valence electrons. The van der Waals surface area contributed by atoms with Gasteiger partial charge in [-0.2, -0.15) is 5.10 Å². The summed E-state index contributed by atoms with van der Waals surface area (Å²) in [6.45, 7) is 3.16. The molecule has 1 aromatic heterocycles. The van der Waals surface area contributed by atoms with Crippen LogP contribution in [0.5, 0.6) is 0 Å². The van der Waals surface area contributed by atoms with Crippen LogP contribution < -0.4 is 5.32 Å². The zero-order valence-electron chi connectivity index (χ0n) is 10.0. The second-order valence-electron chi connectivity index (χ2n) is 4.91. The van der Waals surface area contributed by atoms with Gasteiger partial charge in [0.25, 0.3) is 0 Å². The zero-order valence-corrected chi connectivity index (χ0v) is 10.8. The van der Waals surface area contributed by atoms with Crippen molar-refractivity contribution in [2.24, 2.45) is 13.0 Å². The molecule has 0 saturated heterocycles. The van der Waals surface area contributed by atoms with Crippen LogP contribution in [0.4, 0.5) is 0 Å². The highest BCUT2D eigenvalue weighted by Crippen LogP contribution is 2.24. The monoisotopic (exact) mass is 241 g/mol. The van der Waals surface area contributed by atoms with E-state index in [1.54, 1.807) is 6.20 Å². The molecule has 0 radical (unpaired) electrons. The Hall–Kier alpha value is -0.540. The highest BCUT2D eigenvalue weighted by Gasteiger charge is 2.18. The van der Waals surface area contributed by atoms with Crippen molar-refractivity contribution in [3.8, 4) is 0 Å². The molecule has 1 aliphatic carbocycles. The summed E-state index contributed by atoms with van der Waals surface area (Å²) in [7, 11) is 1.94. The molecule has 4 heteroatoms. The van der Waals surface area contributed by atoms with Crippen molar-refractivity contribution >= 4 is 11.6 Å². The van der Waals surface area contributed by atoms with Crippen molar-refractivity contribution in [2.75, 3.05) is 0 Å². The molecule has 0 aromatic carbocycles. The van der Waals surface area contributed by atoms with Gasteiger partial charge >= 0.3 is 0 Å². The summed E-state index contributed by atoms with van der Waals surface area (Å²) in [4.78, 5) is 0.